The Morgan fingerprint density at radius 2 is 1.63 bits per heavy atom. The number of aryl methyl sites for hydroxylation is 1. The molecule has 0 saturated carbocycles. The lowest BCUT2D eigenvalue weighted by Gasteiger charge is -2.04. The molecule has 0 saturated heterocycles. The van der Waals surface area contributed by atoms with Crippen LogP contribution in [0.1, 0.15) is 32.2 Å². The van der Waals surface area contributed by atoms with Crippen LogP contribution in [0.5, 0.6) is 5.75 Å². The van der Waals surface area contributed by atoms with Crippen molar-refractivity contribution < 1.29 is 14.3 Å². The van der Waals surface area contributed by atoms with E-state index in [-0.39, 0.29) is 11.6 Å². The van der Waals surface area contributed by atoms with Crippen molar-refractivity contribution in [3.63, 3.8) is 0 Å². The van der Waals surface area contributed by atoms with Gasteiger partial charge >= 0.3 is 5.97 Å². The molecule has 2 aromatic heterocycles. The van der Waals surface area contributed by atoms with E-state index in [1.807, 2.05) is 25.1 Å². The smallest absolute Gasteiger partial charge is 0.383 e. The molecule has 0 radical (unpaired) electrons. The maximum absolute atomic E-state index is 12.4. The fourth-order valence-electron chi connectivity index (χ4n) is 2.58. The first-order valence-electron chi connectivity index (χ1n) is 8.22. The van der Waals surface area contributed by atoms with E-state index in [0.717, 1.165) is 5.69 Å². The number of nitrogens with zero attached hydrogens (tertiary/aromatic N) is 4. The van der Waals surface area contributed by atoms with Crippen molar-refractivity contribution in [1.82, 2.24) is 19.6 Å². The fourth-order valence-corrected chi connectivity index (χ4v) is 2.58. The summed E-state index contributed by atoms with van der Waals surface area (Å²) >= 11 is 0. The summed E-state index contributed by atoms with van der Waals surface area (Å²) in [7, 11) is 0. The van der Waals surface area contributed by atoms with Crippen molar-refractivity contribution in [3.8, 4) is 5.75 Å². The summed E-state index contributed by atoms with van der Waals surface area (Å²) in [5, 5.41) is 4.11. The van der Waals surface area contributed by atoms with E-state index >= 15 is 0 Å². The molecule has 2 aromatic carbocycles. The number of carbonyl (C=O) groups is 2. The molecule has 0 aliphatic rings. The number of rotatable bonds is 4. The van der Waals surface area contributed by atoms with Crippen LogP contribution in [0.3, 0.4) is 0 Å². The largest absolute Gasteiger partial charge is 0.421 e. The summed E-state index contributed by atoms with van der Waals surface area (Å²) in [6.07, 6.45) is 1.59. The molecule has 0 fully saturated rings. The Morgan fingerprint density at radius 1 is 0.926 bits per heavy atom. The first-order valence-corrected chi connectivity index (χ1v) is 8.22. The molecule has 0 bridgehead atoms. The van der Waals surface area contributed by atoms with Crippen LogP contribution in [-0.4, -0.2) is 31.3 Å². The van der Waals surface area contributed by atoms with Crippen LogP contribution < -0.4 is 4.74 Å². The second-order valence-corrected chi connectivity index (χ2v) is 5.84. The third kappa shape index (κ3) is 3.30. The molecule has 0 spiro atoms. The van der Waals surface area contributed by atoms with Crippen molar-refractivity contribution in [2.75, 3.05) is 0 Å². The topological polar surface area (TPSA) is 86.5 Å². The Kier molecular flexibility index (Phi) is 4.18. The highest BCUT2D eigenvalue weighted by Gasteiger charge is 2.17. The van der Waals surface area contributed by atoms with Crippen molar-refractivity contribution in [3.05, 3.63) is 89.5 Å². The summed E-state index contributed by atoms with van der Waals surface area (Å²) in [6, 6.07) is 17.1. The maximum atomic E-state index is 12.4. The Balaban J connectivity index is 1.51. The van der Waals surface area contributed by atoms with Crippen LogP contribution in [0.2, 0.25) is 0 Å². The Labute approximate surface area is 154 Å². The lowest BCUT2D eigenvalue weighted by molar-refractivity contribution is 0.0722. The third-order valence-electron chi connectivity index (χ3n) is 3.98. The molecule has 4 aromatic rings. The Morgan fingerprint density at radius 3 is 2.33 bits per heavy atom. The van der Waals surface area contributed by atoms with Gasteiger partial charge in [0.25, 0.3) is 11.6 Å². The summed E-state index contributed by atoms with van der Waals surface area (Å²) in [5.41, 5.74) is 1.90. The summed E-state index contributed by atoms with van der Waals surface area (Å²) in [5.74, 6) is -0.251. The van der Waals surface area contributed by atoms with E-state index < -0.39 is 5.97 Å². The number of esters is 1. The number of carbonyl (C=O) groups excluding carboxylic acids is 2. The minimum absolute atomic E-state index is 0.0822. The zero-order valence-corrected chi connectivity index (χ0v) is 14.4. The van der Waals surface area contributed by atoms with Crippen LogP contribution >= 0.6 is 0 Å². The predicted molar refractivity (Wildman–Crippen MR) is 96.8 cm³/mol. The molecule has 0 amide bonds. The Bertz CT molecular complexity index is 1140. The van der Waals surface area contributed by atoms with Crippen molar-refractivity contribution >= 4 is 17.5 Å². The molecule has 4 rings (SSSR count). The third-order valence-corrected chi connectivity index (χ3v) is 3.98. The average molecular weight is 358 g/mol. The van der Waals surface area contributed by atoms with E-state index in [0.29, 0.717) is 22.7 Å². The van der Waals surface area contributed by atoms with Crippen LogP contribution in [-0.2, 0) is 0 Å². The molecular formula is C20H14N4O3. The van der Waals surface area contributed by atoms with Crippen LogP contribution in [0.4, 0.5) is 0 Å². The number of ether oxygens (including phenoxy) is 1. The second-order valence-electron chi connectivity index (χ2n) is 5.84. The monoisotopic (exact) mass is 358 g/mol. The van der Waals surface area contributed by atoms with Crippen molar-refractivity contribution in [1.29, 1.82) is 0 Å². The van der Waals surface area contributed by atoms with Gasteiger partial charge in [-0.25, -0.2) is 14.3 Å². The van der Waals surface area contributed by atoms with Gasteiger partial charge in [0.2, 0.25) is 0 Å². The highest BCUT2D eigenvalue weighted by atomic mass is 16.5. The fraction of sp³-hybridized carbons (Fsp3) is 0.0500. The number of benzene rings is 2. The summed E-state index contributed by atoms with van der Waals surface area (Å²) in [4.78, 5) is 32.8. The molecule has 2 heterocycles. The molecule has 7 nitrogen and oxygen atoms in total. The highest BCUT2D eigenvalue weighted by Crippen LogP contribution is 2.16. The van der Waals surface area contributed by atoms with Gasteiger partial charge < -0.3 is 4.74 Å². The first-order chi connectivity index (χ1) is 13.1. The number of aromatic nitrogens is 4. The van der Waals surface area contributed by atoms with Crippen LogP contribution in [0.25, 0.3) is 5.78 Å². The summed E-state index contributed by atoms with van der Waals surface area (Å²) < 4.78 is 6.76. The first kappa shape index (κ1) is 16.6. The lowest BCUT2D eigenvalue weighted by atomic mass is 10.0. The average Bonchev–Trinajstić information content (AvgIpc) is 3.15. The minimum Gasteiger partial charge on any atom is -0.421 e. The van der Waals surface area contributed by atoms with Gasteiger partial charge in [-0.1, -0.05) is 30.3 Å². The zero-order chi connectivity index (χ0) is 18.8. The molecule has 0 atom stereocenters. The van der Waals surface area contributed by atoms with E-state index in [1.165, 1.54) is 4.52 Å². The summed E-state index contributed by atoms with van der Waals surface area (Å²) in [6.45, 7) is 1.83. The highest BCUT2D eigenvalue weighted by molar-refractivity contribution is 6.09. The quantitative estimate of drug-likeness (QED) is 0.317. The molecule has 0 N–H and O–H groups in total. The van der Waals surface area contributed by atoms with E-state index in [4.69, 9.17) is 4.74 Å². The van der Waals surface area contributed by atoms with E-state index in [9.17, 15) is 9.59 Å². The van der Waals surface area contributed by atoms with Gasteiger partial charge in [0.15, 0.2) is 5.78 Å². The SMILES string of the molecule is Cc1ccnc2nc(C(=O)Oc3ccc(C(=O)c4ccccc4)cc3)nn12. The Hall–Kier alpha value is -3.87. The molecule has 27 heavy (non-hydrogen) atoms. The number of hydrogen-bond donors (Lipinski definition) is 0. The molecule has 0 aliphatic heterocycles. The van der Waals surface area contributed by atoms with Crippen LogP contribution in [0, 0.1) is 6.92 Å². The van der Waals surface area contributed by atoms with Gasteiger partial charge in [0, 0.05) is 23.0 Å². The van der Waals surface area contributed by atoms with Gasteiger partial charge in [-0.3, -0.25) is 4.79 Å². The van der Waals surface area contributed by atoms with Gasteiger partial charge in [-0.05, 0) is 37.3 Å². The maximum Gasteiger partial charge on any atom is 0.383 e. The lowest BCUT2D eigenvalue weighted by Crippen LogP contribution is -2.11. The van der Waals surface area contributed by atoms with Crippen molar-refractivity contribution in [2.24, 2.45) is 0 Å². The molecule has 132 valence electrons. The number of hydrogen-bond acceptors (Lipinski definition) is 6. The molecule has 7 heteroatoms. The van der Waals surface area contributed by atoms with Crippen molar-refractivity contribution in [2.45, 2.75) is 6.92 Å². The molecule has 0 unspecified atom stereocenters. The van der Waals surface area contributed by atoms with E-state index in [1.54, 1.807) is 48.7 Å². The standard InChI is InChI=1S/C20H14N4O3/c1-13-11-12-21-20-22-18(23-24(13)20)19(26)27-16-9-7-15(8-10-16)17(25)14-5-3-2-4-6-14/h2-12H,1H3. The zero-order valence-electron chi connectivity index (χ0n) is 14.4. The van der Waals surface area contributed by atoms with Gasteiger partial charge in [-0.15, -0.1) is 5.10 Å². The van der Waals surface area contributed by atoms with E-state index in [2.05, 4.69) is 15.1 Å². The van der Waals surface area contributed by atoms with Gasteiger partial charge in [-0.2, -0.15) is 4.98 Å². The normalized spacial score (nSPS) is 10.7. The molecular weight excluding hydrogens is 344 g/mol. The second kappa shape index (κ2) is 6.80. The molecule has 0 aliphatic carbocycles. The number of fused-ring (bicyclic) bond motifs is 1. The van der Waals surface area contributed by atoms with Gasteiger partial charge in [0.1, 0.15) is 5.75 Å². The minimum atomic E-state index is -0.693. The van der Waals surface area contributed by atoms with Gasteiger partial charge in [0.05, 0.1) is 0 Å². The van der Waals surface area contributed by atoms with Crippen LogP contribution in [0.15, 0.2) is 66.9 Å². The predicted octanol–water partition coefficient (Wildman–Crippen LogP) is 2.88. The number of ketones is 1.